The Labute approximate surface area is 96.9 Å². The number of hydrogen-bond donors (Lipinski definition) is 0. The summed E-state index contributed by atoms with van der Waals surface area (Å²) in [5, 5.41) is 1.94. The fourth-order valence-electron chi connectivity index (χ4n) is 1.80. The Morgan fingerprint density at radius 2 is 2.00 bits per heavy atom. The van der Waals surface area contributed by atoms with Crippen LogP contribution < -0.4 is 5.06 Å². The molecule has 0 spiro atoms. The molecule has 16 heavy (non-hydrogen) atoms. The van der Waals surface area contributed by atoms with Crippen molar-refractivity contribution in [1.82, 2.24) is 0 Å². The molecule has 3 nitrogen and oxygen atoms in total. The van der Waals surface area contributed by atoms with Crippen molar-refractivity contribution in [1.29, 1.82) is 0 Å². The molecule has 0 N–H and O–H groups in total. The maximum atomic E-state index is 5.58. The van der Waals surface area contributed by atoms with Gasteiger partial charge < -0.3 is 4.74 Å². The van der Waals surface area contributed by atoms with Gasteiger partial charge in [0.1, 0.15) is 0 Å². The highest BCUT2D eigenvalue weighted by Crippen LogP contribution is 2.21. The molecule has 0 bridgehead atoms. The average Bonchev–Trinajstić information content (AvgIpc) is 2.56. The van der Waals surface area contributed by atoms with E-state index >= 15 is 0 Å². The van der Waals surface area contributed by atoms with Crippen LogP contribution in [0.5, 0.6) is 0 Å². The zero-order valence-corrected chi connectivity index (χ0v) is 9.93. The van der Waals surface area contributed by atoms with Crippen LogP contribution in [-0.4, -0.2) is 19.9 Å². The lowest BCUT2D eigenvalue weighted by Gasteiger charge is -2.25. The van der Waals surface area contributed by atoms with E-state index in [4.69, 9.17) is 9.57 Å². The first-order valence-electron chi connectivity index (χ1n) is 5.80. The predicted molar refractivity (Wildman–Crippen MR) is 64.0 cm³/mol. The molecule has 1 aromatic rings. The van der Waals surface area contributed by atoms with Crippen molar-refractivity contribution in [2.45, 2.75) is 13.8 Å². The van der Waals surface area contributed by atoms with Crippen LogP contribution in [0.15, 0.2) is 30.3 Å². The fraction of sp³-hybridized carbons (Fsp3) is 0.538. The summed E-state index contributed by atoms with van der Waals surface area (Å²) in [6, 6.07) is 10.2. The number of benzene rings is 1. The summed E-state index contributed by atoms with van der Waals surface area (Å²) < 4.78 is 5.46. The van der Waals surface area contributed by atoms with Crippen LogP contribution in [0.3, 0.4) is 0 Å². The van der Waals surface area contributed by atoms with Crippen LogP contribution in [0.4, 0.5) is 5.69 Å². The number of hydrogen-bond acceptors (Lipinski definition) is 3. The quantitative estimate of drug-likeness (QED) is 0.766. The first-order valence-corrected chi connectivity index (χ1v) is 5.80. The summed E-state index contributed by atoms with van der Waals surface area (Å²) in [5.74, 6) is 1.12. The van der Waals surface area contributed by atoms with E-state index in [1.807, 2.05) is 23.3 Å². The molecule has 0 amide bonds. The van der Waals surface area contributed by atoms with Crippen LogP contribution in [-0.2, 0) is 9.57 Å². The normalized spacial score (nSPS) is 22.2. The van der Waals surface area contributed by atoms with E-state index in [0.29, 0.717) is 18.6 Å². The minimum absolute atomic E-state index is 0.345. The highest BCUT2D eigenvalue weighted by Gasteiger charge is 2.22. The lowest BCUT2D eigenvalue weighted by Crippen LogP contribution is -2.30. The summed E-state index contributed by atoms with van der Waals surface area (Å²) in [6.07, 6.45) is 0. The minimum Gasteiger partial charge on any atom is -0.352 e. The third-order valence-electron chi connectivity index (χ3n) is 3.01. The number of anilines is 1. The first-order chi connectivity index (χ1) is 7.77. The molecule has 1 aliphatic rings. The maximum Gasteiger partial charge on any atom is 0.173 e. The molecule has 88 valence electrons. The molecule has 3 heteroatoms. The third-order valence-corrected chi connectivity index (χ3v) is 3.01. The smallest absolute Gasteiger partial charge is 0.173 e. The summed E-state index contributed by atoms with van der Waals surface area (Å²) in [5.41, 5.74) is 1.10. The average molecular weight is 221 g/mol. The van der Waals surface area contributed by atoms with E-state index in [2.05, 4.69) is 26.0 Å². The molecule has 1 aliphatic heterocycles. The topological polar surface area (TPSA) is 21.7 Å². The van der Waals surface area contributed by atoms with Crippen LogP contribution >= 0.6 is 0 Å². The van der Waals surface area contributed by atoms with Crippen molar-refractivity contribution in [2.24, 2.45) is 11.8 Å². The molecule has 1 heterocycles. The van der Waals surface area contributed by atoms with Crippen LogP contribution in [0.2, 0.25) is 0 Å². The third kappa shape index (κ3) is 2.74. The van der Waals surface area contributed by atoms with E-state index in [0.717, 1.165) is 18.8 Å². The molecule has 1 aromatic carbocycles. The number of rotatable bonds is 2. The molecule has 1 saturated heterocycles. The Morgan fingerprint density at radius 3 is 2.69 bits per heavy atom. The van der Waals surface area contributed by atoms with Crippen LogP contribution in [0, 0.1) is 11.8 Å². The van der Waals surface area contributed by atoms with Gasteiger partial charge in [0.05, 0.1) is 18.8 Å². The molecule has 0 aliphatic carbocycles. The molecule has 1 atom stereocenters. The molecular weight excluding hydrogens is 202 g/mol. The van der Waals surface area contributed by atoms with Crippen molar-refractivity contribution in [3.63, 3.8) is 0 Å². The van der Waals surface area contributed by atoms with Gasteiger partial charge in [0.25, 0.3) is 0 Å². The van der Waals surface area contributed by atoms with Crippen molar-refractivity contribution in [3.05, 3.63) is 30.3 Å². The number of hydroxylamine groups is 1. The lowest BCUT2D eigenvalue weighted by atomic mass is 9.96. The highest BCUT2D eigenvalue weighted by molar-refractivity contribution is 5.43. The number of nitrogens with zero attached hydrogens (tertiary/aromatic N) is 1. The van der Waals surface area contributed by atoms with E-state index in [9.17, 15) is 0 Å². The van der Waals surface area contributed by atoms with Crippen molar-refractivity contribution in [3.8, 4) is 0 Å². The standard InChI is InChI=1S/C13H19NO2/c1-11(2)12-8-14(16-10-15-9-12)13-6-4-3-5-7-13/h3-7,11-12H,8-10H2,1-2H3. The van der Waals surface area contributed by atoms with Crippen molar-refractivity contribution >= 4 is 5.69 Å². The molecule has 1 unspecified atom stereocenters. The van der Waals surface area contributed by atoms with Crippen molar-refractivity contribution < 1.29 is 9.57 Å². The van der Waals surface area contributed by atoms with Crippen LogP contribution in [0.25, 0.3) is 0 Å². The monoisotopic (exact) mass is 221 g/mol. The first kappa shape index (κ1) is 11.4. The highest BCUT2D eigenvalue weighted by atomic mass is 16.8. The summed E-state index contributed by atoms with van der Waals surface area (Å²) in [4.78, 5) is 5.58. The van der Waals surface area contributed by atoms with Gasteiger partial charge in [-0.2, -0.15) is 0 Å². The summed E-state index contributed by atoms with van der Waals surface area (Å²) in [6.45, 7) is 6.46. The SMILES string of the molecule is CC(C)C1COCON(c2ccccc2)C1. The Hall–Kier alpha value is -1.06. The van der Waals surface area contributed by atoms with E-state index < -0.39 is 0 Å². The van der Waals surface area contributed by atoms with Gasteiger partial charge in [0, 0.05) is 5.92 Å². The summed E-state index contributed by atoms with van der Waals surface area (Å²) >= 11 is 0. The largest absolute Gasteiger partial charge is 0.352 e. The predicted octanol–water partition coefficient (Wildman–Crippen LogP) is 2.68. The molecule has 0 radical (unpaired) electrons. The van der Waals surface area contributed by atoms with Gasteiger partial charge in [-0.05, 0) is 18.1 Å². The molecule has 2 rings (SSSR count). The van der Waals surface area contributed by atoms with Gasteiger partial charge in [0.2, 0.25) is 0 Å². The van der Waals surface area contributed by atoms with E-state index in [1.165, 1.54) is 0 Å². The molecule has 1 fully saturated rings. The van der Waals surface area contributed by atoms with Crippen molar-refractivity contribution in [2.75, 3.05) is 25.0 Å². The van der Waals surface area contributed by atoms with Gasteiger partial charge in [-0.1, -0.05) is 32.0 Å². The van der Waals surface area contributed by atoms with E-state index in [1.54, 1.807) is 0 Å². The fourth-order valence-corrected chi connectivity index (χ4v) is 1.80. The second kappa shape index (κ2) is 5.32. The Morgan fingerprint density at radius 1 is 1.25 bits per heavy atom. The van der Waals surface area contributed by atoms with Gasteiger partial charge >= 0.3 is 0 Å². The van der Waals surface area contributed by atoms with Crippen LogP contribution in [0.1, 0.15) is 13.8 Å². The zero-order valence-electron chi connectivity index (χ0n) is 9.93. The Balaban J connectivity index is 2.09. The van der Waals surface area contributed by atoms with Gasteiger partial charge in [-0.3, -0.25) is 5.06 Å². The second-order valence-corrected chi connectivity index (χ2v) is 4.52. The molecule has 0 aromatic heterocycles. The number of ether oxygens (including phenoxy) is 1. The zero-order chi connectivity index (χ0) is 11.4. The van der Waals surface area contributed by atoms with Gasteiger partial charge in [-0.15, -0.1) is 0 Å². The minimum atomic E-state index is 0.345. The maximum absolute atomic E-state index is 5.58. The second-order valence-electron chi connectivity index (χ2n) is 4.52. The van der Waals surface area contributed by atoms with Gasteiger partial charge in [-0.25, -0.2) is 4.84 Å². The number of para-hydroxylation sites is 1. The Bertz CT molecular complexity index is 313. The van der Waals surface area contributed by atoms with E-state index in [-0.39, 0.29) is 0 Å². The Kier molecular flexibility index (Phi) is 3.80. The summed E-state index contributed by atoms with van der Waals surface area (Å²) in [7, 11) is 0. The lowest BCUT2D eigenvalue weighted by molar-refractivity contribution is -0.0473. The molecule has 0 saturated carbocycles. The van der Waals surface area contributed by atoms with Gasteiger partial charge in [0.15, 0.2) is 6.79 Å². The molecular formula is C13H19NO2.